The molecule has 4 aliphatic carbocycles. The quantitative estimate of drug-likeness (QED) is 0.261. The normalized spacial score (nSPS) is 41.5. The van der Waals surface area contributed by atoms with E-state index in [2.05, 4.69) is 34.6 Å². The van der Waals surface area contributed by atoms with Gasteiger partial charge in [-0.25, -0.2) is 0 Å². The summed E-state index contributed by atoms with van der Waals surface area (Å²) in [6.07, 6.45) is 6.44. The van der Waals surface area contributed by atoms with Gasteiger partial charge in [-0.3, -0.25) is 24.0 Å². The van der Waals surface area contributed by atoms with E-state index in [-0.39, 0.29) is 58.5 Å². The maximum Gasteiger partial charge on any atom is 0.302 e. The first kappa shape index (κ1) is 31.9. The Labute approximate surface area is 246 Å². The second-order valence-corrected chi connectivity index (χ2v) is 15.6. The third kappa shape index (κ3) is 4.91. The van der Waals surface area contributed by atoms with Crippen molar-refractivity contribution in [3.8, 4) is 0 Å². The van der Waals surface area contributed by atoms with Gasteiger partial charge in [0.1, 0.15) is 18.5 Å². The first-order chi connectivity index (χ1) is 18.9. The summed E-state index contributed by atoms with van der Waals surface area (Å²) in [6.45, 7) is 17.7. The van der Waals surface area contributed by atoms with Crippen LogP contribution in [0, 0.1) is 50.7 Å². The van der Waals surface area contributed by atoms with Crippen LogP contribution in [0.1, 0.15) is 120 Å². The molecular weight excluding hydrogens is 520 g/mol. The van der Waals surface area contributed by atoms with Gasteiger partial charge in [-0.05, 0) is 79.4 Å². The number of rotatable bonds is 7. The van der Waals surface area contributed by atoms with Crippen molar-refractivity contribution in [1.29, 1.82) is 0 Å². The molecule has 0 heterocycles. The Bertz CT molecular complexity index is 1120. The van der Waals surface area contributed by atoms with Crippen molar-refractivity contribution in [3.05, 3.63) is 0 Å². The zero-order valence-electron chi connectivity index (χ0n) is 26.8. The van der Waals surface area contributed by atoms with Crippen molar-refractivity contribution in [1.82, 2.24) is 0 Å². The Kier molecular flexibility index (Phi) is 8.23. The number of ketones is 3. The van der Waals surface area contributed by atoms with E-state index in [0.29, 0.717) is 18.3 Å². The molecule has 4 aliphatic rings. The fourth-order valence-electron chi connectivity index (χ4n) is 10.5. The highest BCUT2D eigenvalue weighted by molar-refractivity contribution is 6.38. The van der Waals surface area contributed by atoms with Crippen LogP contribution in [0.2, 0.25) is 0 Å². The van der Waals surface area contributed by atoms with Gasteiger partial charge in [0.25, 0.3) is 0 Å². The molecule has 0 N–H and O–H groups in total. The molecule has 0 spiro atoms. The number of hydrogen-bond acceptors (Lipinski definition) is 7. The summed E-state index contributed by atoms with van der Waals surface area (Å²) in [5, 5.41) is 0. The molecule has 0 bridgehead atoms. The zero-order valence-corrected chi connectivity index (χ0v) is 26.8. The predicted octanol–water partition coefficient (Wildman–Crippen LogP) is 6.29. The Balaban J connectivity index is 1.66. The lowest BCUT2D eigenvalue weighted by molar-refractivity contribution is -0.237. The summed E-state index contributed by atoms with van der Waals surface area (Å²) in [6, 6.07) is 0. The Hall–Kier alpha value is -2.05. The van der Waals surface area contributed by atoms with Crippen LogP contribution in [0.25, 0.3) is 0 Å². The fraction of sp³-hybridized carbons (Fsp3) is 0.853. The van der Waals surface area contributed by atoms with Crippen LogP contribution >= 0.6 is 0 Å². The van der Waals surface area contributed by atoms with Crippen molar-refractivity contribution in [2.75, 3.05) is 6.61 Å². The molecule has 0 aromatic rings. The molecule has 4 unspecified atom stereocenters. The second kappa shape index (κ2) is 10.6. The Morgan fingerprint density at radius 3 is 2.05 bits per heavy atom. The topological polar surface area (TPSA) is 104 Å². The molecule has 0 amide bonds. The number of ether oxygens (including phenoxy) is 2. The average Bonchev–Trinajstić information content (AvgIpc) is 2.86. The van der Waals surface area contributed by atoms with Gasteiger partial charge in [0.05, 0.1) is 5.41 Å². The van der Waals surface area contributed by atoms with Gasteiger partial charge in [0.2, 0.25) is 5.78 Å². The minimum atomic E-state index is -1.15. The summed E-state index contributed by atoms with van der Waals surface area (Å²) in [5.74, 6) is -1.56. The number of esters is 2. The van der Waals surface area contributed by atoms with Crippen LogP contribution in [0.4, 0.5) is 0 Å². The first-order valence-corrected chi connectivity index (χ1v) is 15.8. The molecule has 230 valence electrons. The highest BCUT2D eigenvalue weighted by Gasteiger charge is 2.70. The summed E-state index contributed by atoms with van der Waals surface area (Å²) < 4.78 is 11.3. The van der Waals surface area contributed by atoms with E-state index >= 15 is 0 Å². The van der Waals surface area contributed by atoms with E-state index in [4.69, 9.17) is 9.47 Å². The molecule has 0 radical (unpaired) electrons. The SMILES string of the molecule is CC(=O)OC[C@@]1(CC(=O)C(=O)C(C)C)CC[C@]2(C)C(CCC3[C@@]4(C)CCC(OC(C)=O)C(C)(C)C4CC[C@]32C)C1=O. The summed E-state index contributed by atoms with van der Waals surface area (Å²) in [5.41, 5.74) is -1.56. The number of carbonyl (C=O) groups excluding carboxylic acids is 5. The zero-order chi connectivity index (χ0) is 30.8. The monoisotopic (exact) mass is 572 g/mol. The molecule has 0 aliphatic heterocycles. The first-order valence-electron chi connectivity index (χ1n) is 15.8. The van der Waals surface area contributed by atoms with Crippen molar-refractivity contribution in [3.63, 3.8) is 0 Å². The van der Waals surface area contributed by atoms with Crippen LogP contribution in [-0.2, 0) is 33.4 Å². The van der Waals surface area contributed by atoms with Gasteiger partial charge in [0, 0.05) is 37.5 Å². The third-order valence-corrected chi connectivity index (χ3v) is 12.9. The molecule has 4 rings (SSSR count). The number of hydrogen-bond donors (Lipinski definition) is 0. The van der Waals surface area contributed by atoms with E-state index in [0.717, 1.165) is 44.9 Å². The van der Waals surface area contributed by atoms with Crippen molar-refractivity contribution < 1.29 is 33.4 Å². The average molecular weight is 573 g/mol. The maximum absolute atomic E-state index is 14.6. The van der Waals surface area contributed by atoms with Crippen LogP contribution < -0.4 is 0 Å². The van der Waals surface area contributed by atoms with Gasteiger partial charge >= 0.3 is 11.9 Å². The van der Waals surface area contributed by atoms with Gasteiger partial charge in [0.15, 0.2) is 5.78 Å². The molecule has 7 nitrogen and oxygen atoms in total. The van der Waals surface area contributed by atoms with E-state index < -0.39 is 28.9 Å². The second-order valence-electron chi connectivity index (χ2n) is 15.6. The molecule has 0 saturated heterocycles. The van der Waals surface area contributed by atoms with Crippen LogP contribution in [-0.4, -0.2) is 42.0 Å². The minimum absolute atomic E-state index is 0.00301. The lowest BCUT2D eigenvalue weighted by Gasteiger charge is -2.71. The lowest BCUT2D eigenvalue weighted by atomic mass is 9.33. The van der Waals surface area contributed by atoms with Crippen LogP contribution in [0.3, 0.4) is 0 Å². The summed E-state index contributed by atoms with van der Waals surface area (Å²) in [4.78, 5) is 63.9. The third-order valence-electron chi connectivity index (χ3n) is 12.9. The number of Topliss-reactive ketones (excluding diaryl/α,β-unsaturated/α-hetero) is 3. The molecule has 0 aromatic heterocycles. The van der Waals surface area contributed by atoms with Gasteiger partial charge in [-0.1, -0.05) is 48.5 Å². The Morgan fingerprint density at radius 2 is 1.46 bits per heavy atom. The van der Waals surface area contributed by atoms with Gasteiger partial charge in [-0.2, -0.15) is 0 Å². The number of fused-ring (bicyclic) bond motifs is 5. The minimum Gasteiger partial charge on any atom is -0.465 e. The van der Waals surface area contributed by atoms with Gasteiger partial charge < -0.3 is 9.47 Å². The van der Waals surface area contributed by atoms with Crippen molar-refractivity contribution in [2.24, 2.45) is 50.7 Å². The molecule has 41 heavy (non-hydrogen) atoms. The molecule has 4 fully saturated rings. The van der Waals surface area contributed by atoms with E-state index in [1.165, 1.54) is 13.8 Å². The van der Waals surface area contributed by atoms with Crippen molar-refractivity contribution in [2.45, 2.75) is 126 Å². The van der Waals surface area contributed by atoms with E-state index in [9.17, 15) is 24.0 Å². The van der Waals surface area contributed by atoms with Crippen LogP contribution in [0.15, 0.2) is 0 Å². The summed E-state index contributed by atoms with van der Waals surface area (Å²) in [7, 11) is 0. The van der Waals surface area contributed by atoms with E-state index in [1.54, 1.807) is 13.8 Å². The molecule has 8 atom stereocenters. The van der Waals surface area contributed by atoms with E-state index in [1.807, 2.05) is 0 Å². The van der Waals surface area contributed by atoms with Crippen LogP contribution in [0.5, 0.6) is 0 Å². The largest absolute Gasteiger partial charge is 0.465 e. The summed E-state index contributed by atoms with van der Waals surface area (Å²) >= 11 is 0. The van der Waals surface area contributed by atoms with Gasteiger partial charge in [-0.15, -0.1) is 0 Å². The predicted molar refractivity (Wildman–Crippen MR) is 155 cm³/mol. The highest BCUT2D eigenvalue weighted by Crippen LogP contribution is 2.74. The fourth-order valence-corrected chi connectivity index (χ4v) is 10.5. The molecular formula is C34H52O7. The molecule has 4 saturated carbocycles. The Morgan fingerprint density at radius 1 is 0.805 bits per heavy atom. The molecule has 0 aromatic carbocycles. The lowest BCUT2D eigenvalue weighted by Crippen LogP contribution is -2.67. The number of carbonyl (C=O) groups is 5. The maximum atomic E-state index is 14.6. The highest BCUT2D eigenvalue weighted by atomic mass is 16.5. The van der Waals surface area contributed by atoms with Crippen molar-refractivity contribution >= 4 is 29.3 Å². The molecule has 7 heteroatoms. The standard InChI is InChI=1S/C34H52O7/c1-20(2)28(38)24(37)18-34(19-40-21(3)35)17-16-32(8)23(29(34)39)10-11-26-31(7)14-13-27(41-22(4)36)30(5,6)25(31)12-15-33(26,32)9/h20,23,25-27H,10-19H2,1-9H3/t23?,25?,26?,27?,31-,32+,33+,34-/m0/s1. The smallest absolute Gasteiger partial charge is 0.302 e.